The van der Waals surface area contributed by atoms with E-state index in [9.17, 15) is 4.79 Å². The topological polar surface area (TPSA) is 51.1 Å². The Bertz CT molecular complexity index is 531. The van der Waals surface area contributed by atoms with Crippen LogP contribution in [0.4, 0.5) is 0 Å². The molecule has 2 aliphatic rings. The van der Waals surface area contributed by atoms with Gasteiger partial charge in [0, 0.05) is 24.9 Å². The van der Waals surface area contributed by atoms with Crippen molar-refractivity contribution in [3.63, 3.8) is 0 Å². The fourth-order valence-electron chi connectivity index (χ4n) is 2.09. The molecule has 1 aromatic rings. The van der Waals surface area contributed by atoms with Gasteiger partial charge < -0.3 is 14.5 Å². The molecule has 0 aliphatic carbocycles. The van der Waals surface area contributed by atoms with E-state index in [1.54, 1.807) is 0 Å². The molecule has 98 valence electrons. The standard InChI is InChI=1S/C14H14N2O3/c17-14-12(10-16-6-8-18-9-7-16)13(15-19-14)11-4-2-1-3-5-11/h1-5,10H,6-9H2/b12-10-. The zero-order valence-electron chi connectivity index (χ0n) is 10.4. The number of nitrogens with zero attached hydrogens (tertiary/aromatic N) is 2. The maximum atomic E-state index is 11.8. The zero-order valence-corrected chi connectivity index (χ0v) is 10.4. The number of rotatable bonds is 2. The zero-order chi connectivity index (χ0) is 13.1. The van der Waals surface area contributed by atoms with Gasteiger partial charge in [-0.05, 0) is 0 Å². The van der Waals surface area contributed by atoms with Crippen LogP contribution in [0.1, 0.15) is 5.56 Å². The SMILES string of the molecule is O=C1ON=C(c2ccccc2)/C1=C/N1CCOCC1. The van der Waals surface area contributed by atoms with E-state index in [0.29, 0.717) is 24.5 Å². The Hall–Kier alpha value is -2.14. The van der Waals surface area contributed by atoms with Crippen LogP contribution in [0.25, 0.3) is 0 Å². The summed E-state index contributed by atoms with van der Waals surface area (Å²) in [4.78, 5) is 18.6. The fraction of sp³-hybridized carbons (Fsp3) is 0.286. The van der Waals surface area contributed by atoms with Gasteiger partial charge in [-0.25, -0.2) is 4.79 Å². The van der Waals surface area contributed by atoms with E-state index in [0.717, 1.165) is 18.7 Å². The molecule has 0 bridgehead atoms. The summed E-state index contributed by atoms with van der Waals surface area (Å²) >= 11 is 0. The van der Waals surface area contributed by atoms with Gasteiger partial charge in [0.25, 0.3) is 0 Å². The van der Waals surface area contributed by atoms with E-state index in [2.05, 4.69) is 10.1 Å². The lowest BCUT2D eigenvalue weighted by Gasteiger charge is -2.25. The van der Waals surface area contributed by atoms with E-state index < -0.39 is 5.97 Å². The largest absolute Gasteiger partial charge is 0.378 e. The van der Waals surface area contributed by atoms with E-state index in [1.165, 1.54) is 0 Å². The van der Waals surface area contributed by atoms with Crippen molar-refractivity contribution in [2.45, 2.75) is 0 Å². The Morgan fingerprint density at radius 3 is 2.63 bits per heavy atom. The highest BCUT2D eigenvalue weighted by Gasteiger charge is 2.27. The molecule has 2 heterocycles. The molecular weight excluding hydrogens is 244 g/mol. The minimum atomic E-state index is -0.398. The normalized spacial score (nSPS) is 21.5. The van der Waals surface area contributed by atoms with Gasteiger partial charge in [0.15, 0.2) is 0 Å². The van der Waals surface area contributed by atoms with Crippen molar-refractivity contribution in [3.05, 3.63) is 47.7 Å². The number of morpholine rings is 1. The Morgan fingerprint density at radius 2 is 1.89 bits per heavy atom. The van der Waals surface area contributed by atoms with Gasteiger partial charge in [-0.15, -0.1) is 0 Å². The molecule has 0 aromatic heterocycles. The Labute approximate surface area is 111 Å². The summed E-state index contributed by atoms with van der Waals surface area (Å²) in [7, 11) is 0. The molecule has 0 N–H and O–H groups in total. The number of ether oxygens (including phenoxy) is 1. The summed E-state index contributed by atoms with van der Waals surface area (Å²) in [6.07, 6.45) is 1.82. The Kier molecular flexibility index (Phi) is 3.29. The average Bonchev–Trinajstić information content (AvgIpc) is 2.82. The van der Waals surface area contributed by atoms with E-state index in [-0.39, 0.29) is 0 Å². The molecule has 1 saturated heterocycles. The van der Waals surface area contributed by atoms with E-state index >= 15 is 0 Å². The van der Waals surface area contributed by atoms with Gasteiger partial charge in [-0.2, -0.15) is 0 Å². The molecule has 0 saturated carbocycles. The number of oxime groups is 1. The molecule has 1 aromatic carbocycles. The van der Waals surface area contributed by atoms with Crippen molar-refractivity contribution >= 4 is 11.7 Å². The molecule has 5 nitrogen and oxygen atoms in total. The summed E-state index contributed by atoms with van der Waals surface area (Å²) < 4.78 is 5.29. The first-order valence-corrected chi connectivity index (χ1v) is 6.23. The summed E-state index contributed by atoms with van der Waals surface area (Å²) in [6.45, 7) is 2.91. The first-order valence-electron chi connectivity index (χ1n) is 6.23. The van der Waals surface area contributed by atoms with Gasteiger partial charge >= 0.3 is 5.97 Å². The van der Waals surface area contributed by atoms with Crippen LogP contribution >= 0.6 is 0 Å². The van der Waals surface area contributed by atoms with Crippen molar-refractivity contribution < 1.29 is 14.4 Å². The van der Waals surface area contributed by atoms with Crippen LogP contribution in [0.2, 0.25) is 0 Å². The number of carbonyl (C=O) groups is 1. The molecule has 0 radical (unpaired) electrons. The highest BCUT2D eigenvalue weighted by Crippen LogP contribution is 2.18. The predicted octanol–water partition coefficient (Wildman–Crippen LogP) is 1.16. The lowest BCUT2D eigenvalue weighted by atomic mass is 10.0. The van der Waals surface area contributed by atoms with Gasteiger partial charge in [-0.1, -0.05) is 35.5 Å². The van der Waals surface area contributed by atoms with E-state index in [4.69, 9.17) is 9.57 Å². The van der Waals surface area contributed by atoms with Gasteiger partial charge in [0.05, 0.1) is 13.2 Å². The first-order chi connectivity index (χ1) is 9.34. The second-order valence-corrected chi connectivity index (χ2v) is 4.38. The molecular formula is C14H14N2O3. The Morgan fingerprint density at radius 1 is 1.16 bits per heavy atom. The van der Waals surface area contributed by atoms with Crippen LogP contribution in [0, 0.1) is 0 Å². The fourth-order valence-corrected chi connectivity index (χ4v) is 2.09. The van der Waals surface area contributed by atoms with Gasteiger partial charge in [0.2, 0.25) is 0 Å². The Balaban J connectivity index is 1.88. The van der Waals surface area contributed by atoms with Crippen LogP contribution < -0.4 is 0 Å². The molecule has 1 fully saturated rings. The molecule has 19 heavy (non-hydrogen) atoms. The quantitative estimate of drug-likeness (QED) is 0.590. The minimum Gasteiger partial charge on any atom is -0.378 e. The first kappa shape index (κ1) is 11.9. The van der Waals surface area contributed by atoms with Crippen molar-refractivity contribution in [1.29, 1.82) is 0 Å². The second-order valence-electron chi connectivity index (χ2n) is 4.38. The lowest BCUT2D eigenvalue weighted by Crippen LogP contribution is -2.33. The molecule has 0 spiro atoms. The van der Waals surface area contributed by atoms with Crippen LogP contribution in [0.5, 0.6) is 0 Å². The van der Waals surface area contributed by atoms with Crippen molar-refractivity contribution in [1.82, 2.24) is 4.90 Å². The number of hydrogen-bond donors (Lipinski definition) is 0. The molecule has 5 heteroatoms. The summed E-state index contributed by atoms with van der Waals surface area (Å²) in [5.41, 5.74) is 1.98. The summed E-state index contributed by atoms with van der Waals surface area (Å²) in [5.74, 6) is -0.398. The molecule has 0 amide bonds. The minimum absolute atomic E-state index is 0.398. The van der Waals surface area contributed by atoms with Crippen molar-refractivity contribution in [2.75, 3.05) is 26.3 Å². The third-order valence-electron chi connectivity index (χ3n) is 3.10. The maximum absolute atomic E-state index is 11.8. The molecule has 2 aliphatic heterocycles. The number of benzene rings is 1. The second kappa shape index (κ2) is 5.24. The molecule has 3 rings (SSSR count). The number of carbonyl (C=O) groups excluding carboxylic acids is 1. The van der Waals surface area contributed by atoms with Crippen LogP contribution in [-0.4, -0.2) is 42.9 Å². The van der Waals surface area contributed by atoms with Crippen molar-refractivity contribution in [3.8, 4) is 0 Å². The van der Waals surface area contributed by atoms with Crippen LogP contribution in [0.15, 0.2) is 47.3 Å². The molecule has 0 unspecified atom stereocenters. The van der Waals surface area contributed by atoms with Gasteiger partial charge in [-0.3, -0.25) is 0 Å². The van der Waals surface area contributed by atoms with E-state index in [1.807, 2.05) is 36.5 Å². The third kappa shape index (κ3) is 2.51. The number of hydrogen-bond acceptors (Lipinski definition) is 5. The smallest absolute Gasteiger partial charge is 0.369 e. The monoisotopic (exact) mass is 258 g/mol. The highest BCUT2D eigenvalue weighted by atomic mass is 16.7. The van der Waals surface area contributed by atoms with Gasteiger partial charge in [0.1, 0.15) is 11.3 Å². The molecule has 0 atom stereocenters. The summed E-state index contributed by atoms with van der Waals surface area (Å²) in [5, 5.41) is 3.87. The lowest BCUT2D eigenvalue weighted by molar-refractivity contribution is -0.137. The van der Waals surface area contributed by atoms with Crippen molar-refractivity contribution in [2.24, 2.45) is 5.16 Å². The predicted molar refractivity (Wildman–Crippen MR) is 69.5 cm³/mol. The van der Waals surface area contributed by atoms with Crippen LogP contribution in [-0.2, 0) is 14.4 Å². The average molecular weight is 258 g/mol. The maximum Gasteiger partial charge on any atom is 0.369 e. The third-order valence-corrected chi connectivity index (χ3v) is 3.10. The van der Waals surface area contributed by atoms with Crippen LogP contribution in [0.3, 0.4) is 0 Å². The summed E-state index contributed by atoms with van der Waals surface area (Å²) in [6, 6.07) is 9.56. The highest BCUT2D eigenvalue weighted by molar-refractivity contribution is 6.28.